The molecule has 1 aliphatic carbocycles. The van der Waals surface area contributed by atoms with Gasteiger partial charge in [0.15, 0.2) is 5.15 Å². The third kappa shape index (κ3) is 5.91. The Labute approximate surface area is 132 Å². The average Bonchev–Trinajstić information content (AvgIpc) is 2.48. The summed E-state index contributed by atoms with van der Waals surface area (Å²) in [6.45, 7) is 1.81. The Hall–Kier alpha value is -1.31. The van der Waals surface area contributed by atoms with E-state index >= 15 is 0 Å². The molecule has 1 saturated carbocycles. The quantitative estimate of drug-likeness (QED) is 0.869. The molecule has 0 aromatic carbocycles. The summed E-state index contributed by atoms with van der Waals surface area (Å²) in [6, 6.07) is 3.63. The minimum atomic E-state index is 0.428. The SMILES string of the molecule is CN(C)CC#CC1CCC(CNc2ccc(Cl)nn2)CC1. The third-order valence-electron chi connectivity index (χ3n) is 3.75. The van der Waals surface area contributed by atoms with E-state index in [9.17, 15) is 0 Å². The molecule has 2 rings (SSSR count). The number of hydrogen-bond donors (Lipinski definition) is 1. The van der Waals surface area contributed by atoms with Crippen LogP contribution in [0.3, 0.4) is 0 Å². The van der Waals surface area contributed by atoms with Gasteiger partial charge >= 0.3 is 0 Å². The molecule has 0 saturated heterocycles. The highest BCUT2D eigenvalue weighted by molar-refractivity contribution is 6.29. The second-order valence-corrected chi connectivity index (χ2v) is 6.29. The lowest BCUT2D eigenvalue weighted by Crippen LogP contribution is -2.21. The second-order valence-electron chi connectivity index (χ2n) is 5.90. The topological polar surface area (TPSA) is 41.0 Å². The molecule has 1 N–H and O–H groups in total. The molecule has 5 heteroatoms. The number of nitrogens with zero attached hydrogens (tertiary/aromatic N) is 3. The molecular weight excluding hydrogens is 284 g/mol. The Bertz CT molecular complexity index is 481. The normalized spacial score (nSPS) is 21.7. The Morgan fingerprint density at radius 1 is 1.24 bits per heavy atom. The van der Waals surface area contributed by atoms with E-state index in [2.05, 4.69) is 46.4 Å². The molecule has 21 heavy (non-hydrogen) atoms. The molecule has 0 bridgehead atoms. The van der Waals surface area contributed by atoms with Gasteiger partial charge in [0.2, 0.25) is 0 Å². The van der Waals surface area contributed by atoms with E-state index in [1.54, 1.807) is 6.07 Å². The number of aromatic nitrogens is 2. The van der Waals surface area contributed by atoms with Gasteiger partial charge in [0, 0.05) is 12.5 Å². The molecule has 1 heterocycles. The highest BCUT2D eigenvalue weighted by Crippen LogP contribution is 2.28. The zero-order valence-electron chi connectivity index (χ0n) is 12.8. The maximum atomic E-state index is 5.72. The van der Waals surface area contributed by atoms with E-state index < -0.39 is 0 Å². The van der Waals surface area contributed by atoms with Crippen molar-refractivity contribution in [1.29, 1.82) is 0 Å². The van der Waals surface area contributed by atoms with Crippen LogP contribution in [0, 0.1) is 23.7 Å². The molecule has 1 aliphatic rings. The van der Waals surface area contributed by atoms with Gasteiger partial charge in [-0.3, -0.25) is 4.90 Å². The maximum absolute atomic E-state index is 5.72. The predicted molar refractivity (Wildman–Crippen MR) is 87.3 cm³/mol. The van der Waals surface area contributed by atoms with Gasteiger partial charge in [0.1, 0.15) is 5.82 Å². The van der Waals surface area contributed by atoms with Gasteiger partial charge in [-0.05, 0) is 57.8 Å². The van der Waals surface area contributed by atoms with Crippen molar-refractivity contribution in [1.82, 2.24) is 15.1 Å². The molecule has 0 atom stereocenters. The maximum Gasteiger partial charge on any atom is 0.151 e. The molecule has 1 fully saturated rings. The van der Waals surface area contributed by atoms with E-state index in [-0.39, 0.29) is 0 Å². The van der Waals surface area contributed by atoms with Crippen LogP contribution in [0.4, 0.5) is 5.82 Å². The van der Waals surface area contributed by atoms with Crippen LogP contribution in [0.15, 0.2) is 12.1 Å². The molecule has 1 aromatic heterocycles. The Morgan fingerprint density at radius 2 is 2.00 bits per heavy atom. The zero-order valence-corrected chi connectivity index (χ0v) is 13.5. The molecule has 114 valence electrons. The lowest BCUT2D eigenvalue weighted by molar-refractivity contribution is 0.328. The molecule has 1 aromatic rings. The smallest absolute Gasteiger partial charge is 0.151 e. The van der Waals surface area contributed by atoms with Gasteiger partial charge in [0.05, 0.1) is 6.54 Å². The van der Waals surface area contributed by atoms with Crippen LogP contribution in [-0.2, 0) is 0 Å². The van der Waals surface area contributed by atoms with Crippen molar-refractivity contribution in [3.63, 3.8) is 0 Å². The van der Waals surface area contributed by atoms with Crippen LogP contribution in [0.2, 0.25) is 5.15 Å². The van der Waals surface area contributed by atoms with E-state index in [1.165, 1.54) is 25.7 Å². The summed E-state index contributed by atoms with van der Waals surface area (Å²) in [5, 5.41) is 11.6. The largest absolute Gasteiger partial charge is 0.368 e. The molecule has 0 aliphatic heterocycles. The van der Waals surface area contributed by atoms with Crippen molar-refractivity contribution in [2.45, 2.75) is 25.7 Å². The Kier molecular flexibility index (Phi) is 6.28. The van der Waals surface area contributed by atoms with E-state index in [1.807, 2.05) is 6.07 Å². The van der Waals surface area contributed by atoms with Crippen LogP contribution >= 0.6 is 11.6 Å². The van der Waals surface area contributed by atoms with Gasteiger partial charge in [-0.25, -0.2) is 0 Å². The van der Waals surface area contributed by atoms with E-state index in [0.29, 0.717) is 17.0 Å². The highest BCUT2D eigenvalue weighted by atomic mass is 35.5. The summed E-state index contributed by atoms with van der Waals surface area (Å²) in [7, 11) is 4.10. The van der Waals surface area contributed by atoms with Crippen LogP contribution in [0.1, 0.15) is 25.7 Å². The standard InChI is InChI=1S/C16H23ClN4/c1-21(2)11-3-4-13-5-7-14(8-6-13)12-18-16-10-9-15(17)19-20-16/h9-10,13-14H,5-8,11-12H2,1-2H3,(H,18,20). The fourth-order valence-electron chi connectivity index (χ4n) is 2.52. The molecule has 0 spiro atoms. The summed E-state index contributed by atoms with van der Waals surface area (Å²) in [6.07, 6.45) is 4.88. The summed E-state index contributed by atoms with van der Waals surface area (Å²) in [4.78, 5) is 2.11. The lowest BCUT2D eigenvalue weighted by Gasteiger charge is -2.25. The molecular formula is C16H23ClN4. The molecule has 4 nitrogen and oxygen atoms in total. The summed E-state index contributed by atoms with van der Waals surface area (Å²) in [5.74, 6) is 8.75. The molecule has 0 unspecified atom stereocenters. The minimum Gasteiger partial charge on any atom is -0.368 e. The monoisotopic (exact) mass is 306 g/mol. The van der Waals surface area contributed by atoms with Gasteiger partial charge in [-0.2, -0.15) is 0 Å². The second kappa shape index (κ2) is 8.21. The summed E-state index contributed by atoms with van der Waals surface area (Å²) < 4.78 is 0. The van der Waals surface area contributed by atoms with E-state index in [0.717, 1.165) is 18.9 Å². The average molecular weight is 307 g/mol. The number of rotatable bonds is 4. The first-order valence-corrected chi connectivity index (χ1v) is 7.87. The summed E-state index contributed by atoms with van der Waals surface area (Å²) >= 11 is 5.72. The zero-order chi connectivity index (χ0) is 15.1. The van der Waals surface area contributed by atoms with Crippen LogP contribution < -0.4 is 5.32 Å². The fraction of sp³-hybridized carbons (Fsp3) is 0.625. The van der Waals surface area contributed by atoms with Crippen LogP contribution in [0.25, 0.3) is 0 Å². The van der Waals surface area contributed by atoms with Gasteiger partial charge in [-0.15, -0.1) is 10.2 Å². The van der Waals surface area contributed by atoms with Crippen molar-refractivity contribution in [3.8, 4) is 11.8 Å². The van der Waals surface area contributed by atoms with Gasteiger partial charge in [-0.1, -0.05) is 23.4 Å². The minimum absolute atomic E-state index is 0.428. The Balaban J connectivity index is 1.69. The number of hydrogen-bond acceptors (Lipinski definition) is 4. The van der Waals surface area contributed by atoms with Crippen LogP contribution in [-0.4, -0.2) is 42.3 Å². The number of halogens is 1. The van der Waals surface area contributed by atoms with Crippen molar-refractivity contribution in [3.05, 3.63) is 17.3 Å². The highest BCUT2D eigenvalue weighted by Gasteiger charge is 2.19. The lowest BCUT2D eigenvalue weighted by atomic mass is 9.82. The van der Waals surface area contributed by atoms with E-state index in [4.69, 9.17) is 11.6 Å². The number of anilines is 1. The van der Waals surface area contributed by atoms with Crippen molar-refractivity contribution >= 4 is 17.4 Å². The molecule has 0 amide bonds. The first kappa shape index (κ1) is 16.1. The number of nitrogens with one attached hydrogen (secondary N) is 1. The van der Waals surface area contributed by atoms with Crippen LogP contribution in [0.5, 0.6) is 0 Å². The fourth-order valence-corrected chi connectivity index (χ4v) is 2.62. The first-order valence-electron chi connectivity index (χ1n) is 7.49. The van der Waals surface area contributed by atoms with Gasteiger partial charge < -0.3 is 5.32 Å². The van der Waals surface area contributed by atoms with Gasteiger partial charge in [0.25, 0.3) is 0 Å². The Morgan fingerprint density at radius 3 is 2.62 bits per heavy atom. The van der Waals surface area contributed by atoms with Crippen molar-refractivity contribution in [2.75, 3.05) is 32.5 Å². The third-order valence-corrected chi connectivity index (χ3v) is 3.95. The summed E-state index contributed by atoms with van der Waals surface area (Å²) in [5.41, 5.74) is 0. The predicted octanol–water partition coefficient (Wildman–Crippen LogP) is 2.91. The first-order chi connectivity index (χ1) is 10.1. The van der Waals surface area contributed by atoms with Crippen molar-refractivity contribution < 1.29 is 0 Å². The molecule has 0 radical (unpaired) electrons. The van der Waals surface area contributed by atoms with Crippen molar-refractivity contribution in [2.24, 2.45) is 11.8 Å².